The molecule has 1 amide bonds. The predicted molar refractivity (Wildman–Crippen MR) is 105 cm³/mol. The lowest BCUT2D eigenvalue weighted by Crippen LogP contribution is -2.15. The number of nitrogens with zero attached hydrogens (tertiary/aromatic N) is 2. The van der Waals surface area contributed by atoms with Crippen LogP contribution in [0.3, 0.4) is 0 Å². The minimum Gasteiger partial charge on any atom is -0.326 e. The molecule has 0 bridgehead atoms. The van der Waals surface area contributed by atoms with Gasteiger partial charge in [-0.2, -0.15) is 0 Å². The number of amides is 1. The van der Waals surface area contributed by atoms with Crippen LogP contribution >= 0.6 is 22.9 Å². The molecule has 140 valence electrons. The number of carbonyl (C=O) groups is 1. The number of nitrogens with two attached hydrogens (primary N) is 1. The number of carbonyl (C=O) groups excluding carboxylic acids is 1. The molecule has 0 aliphatic carbocycles. The molecule has 0 aliphatic rings. The fraction of sp³-hybridized carbons (Fsp3) is 0.0625. The molecule has 3 rings (SSSR count). The highest BCUT2D eigenvalue weighted by molar-refractivity contribution is 7.89. The van der Waals surface area contributed by atoms with Gasteiger partial charge in [-0.3, -0.25) is 4.79 Å². The van der Waals surface area contributed by atoms with Gasteiger partial charge in [0.05, 0.1) is 22.0 Å². The summed E-state index contributed by atoms with van der Waals surface area (Å²) in [6, 6.07) is 9.03. The monoisotopic (exact) mass is 423 g/mol. The predicted octanol–water partition coefficient (Wildman–Crippen LogP) is 2.76. The maximum Gasteiger partial charge on any atom is 0.238 e. The van der Waals surface area contributed by atoms with E-state index in [-0.39, 0.29) is 17.2 Å². The molecule has 27 heavy (non-hydrogen) atoms. The van der Waals surface area contributed by atoms with Gasteiger partial charge in [-0.05, 0) is 36.4 Å². The van der Waals surface area contributed by atoms with Crippen molar-refractivity contribution >= 4 is 55.5 Å². The quantitative estimate of drug-likeness (QED) is 0.559. The van der Waals surface area contributed by atoms with Gasteiger partial charge in [-0.15, -0.1) is 11.3 Å². The Balaban J connectivity index is 1.58. The smallest absolute Gasteiger partial charge is 0.238 e. The van der Waals surface area contributed by atoms with Gasteiger partial charge in [-0.1, -0.05) is 11.6 Å². The van der Waals surface area contributed by atoms with Gasteiger partial charge in [0, 0.05) is 17.3 Å². The summed E-state index contributed by atoms with van der Waals surface area (Å²) in [4.78, 5) is 20.6. The van der Waals surface area contributed by atoms with E-state index < -0.39 is 10.0 Å². The van der Waals surface area contributed by atoms with E-state index in [1.54, 1.807) is 17.5 Å². The van der Waals surface area contributed by atoms with Gasteiger partial charge in [0.2, 0.25) is 15.9 Å². The van der Waals surface area contributed by atoms with Crippen LogP contribution in [0.15, 0.2) is 52.9 Å². The zero-order valence-electron chi connectivity index (χ0n) is 13.7. The zero-order valence-corrected chi connectivity index (χ0v) is 16.1. The Morgan fingerprint density at radius 2 is 1.93 bits per heavy atom. The third kappa shape index (κ3) is 5.47. The van der Waals surface area contributed by atoms with E-state index in [0.29, 0.717) is 27.4 Å². The van der Waals surface area contributed by atoms with Crippen molar-refractivity contribution in [1.29, 1.82) is 0 Å². The summed E-state index contributed by atoms with van der Waals surface area (Å²) in [6.07, 6.45) is 1.59. The van der Waals surface area contributed by atoms with Crippen molar-refractivity contribution in [1.82, 2.24) is 9.97 Å². The van der Waals surface area contributed by atoms with Crippen molar-refractivity contribution in [3.8, 4) is 0 Å². The number of nitrogens with one attached hydrogen (secondary N) is 2. The topological polar surface area (TPSA) is 127 Å². The van der Waals surface area contributed by atoms with Gasteiger partial charge in [0.15, 0.2) is 5.13 Å². The van der Waals surface area contributed by atoms with E-state index in [4.69, 9.17) is 16.7 Å². The molecule has 2 aromatic heterocycles. The van der Waals surface area contributed by atoms with Gasteiger partial charge in [-0.25, -0.2) is 23.5 Å². The summed E-state index contributed by atoms with van der Waals surface area (Å²) in [5.74, 6) is 0.319. The normalized spacial score (nSPS) is 11.2. The summed E-state index contributed by atoms with van der Waals surface area (Å²) in [5, 5.41) is 13.6. The molecule has 0 spiro atoms. The molecule has 0 unspecified atom stereocenters. The molecular formula is C16H14ClN5O3S2. The fourth-order valence-electron chi connectivity index (χ4n) is 2.10. The molecule has 0 saturated heterocycles. The third-order valence-electron chi connectivity index (χ3n) is 3.32. The second kappa shape index (κ2) is 8.01. The highest BCUT2D eigenvalue weighted by atomic mass is 35.5. The molecule has 1 aromatic carbocycles. The maximum absolute atomic E-state index is 12.1. The van der Waals surface area contributed by atoms with Crippen molar-refractivity contribution < 1.29 is 13.2 Å². The Hall–Kier alpha value is -2.53. The Kier molecular flexibility index (Phi) is 5.71. The van der Waals surface area contributed by atoms with E-state index in [2.05, 4.69) is 20.6 Å². The lowest BCUT2D eigenvalue weighted by Gasteiger charge is -2.05. The minimum absolute atomic E-state index is 0.0217. The molecule has 0 atom stereocenters. The standard InChI is InChI=1S/C16H14ClN5O3S2/c17-10-1-6-14(19-8-10)22-16-21-12(9-26-16)7-15(23)20-11-2-4-13(5-3-11)27(18,24)25/h1-6,8-9H,7H2,(H,20,23)(H2,18,24,25)(H,19,21,22). The van der Waals surface area contributed by atoms with Crippen LogP contribution in [-0.2, 0) is 21.2 Å². The zero-order chi connectivity index (χ0) is 19.4. The highest BCUT2D eigenvalue weighted by Crippen LogP contribution is 2.21. The van der Waals surface area contributed by atoms with Gasteiger partial charge in [0.25, 0.3) is 0 Å². The van der Waals surface area contributed by atoms with E-state index in [9.17, 15) is 13.2 Å². The van der Waals surface area contributed by atoms with Crippen LogP contribution in [0.25, 0.3) is 0 Å². The first-order valence-electron chi connectivity index (χ1n) is 7.55. The van der Waals surface area contributed by atoms with Crippen LogP contribution in [0.5, 0.6) is 0 Å². The van der Waals surface area contributed by atoms with E-state index >= 15 is 0 Å². The summed E-state index contributed by atoms with van der Waals surface area (Å²) < 4.78 is 22.4. The van der Waals surface area contributed by atoms with Gasteiger partial charge >= 0.3 is 0 Å². The van der Waals surface area contributed by atoms with Crippen molar-refractivity contribution in [3.05, 3.63) is 58.7 Å². The second-order valence-corrected chi connectivity index (χ2v) is 8.28. The van der Waals surface area contributed by atoms with E-state index in [1.807, 2.05) is 0 Å². The number of pyridine rings is 1. The fourth-order valence-corrected chi connectivity index (χ4v) is 3.45. The van der Waals surface area contributed by atoms with E-state index in [1.165, 1.54) is 41.8 Å². The average molecular weight is 424 g/mol. The summed E-state index contributed by atoms with van der Waals surface area (Å²) >= 11 is 7.14. The third-order valence-corrected chi connectivity index (χ3v) is 5.28. The SMILES string of the molecule is NS(=O)(=O)c1ccc(NC(=O)Cc2csc(Nc3ccc(Cl)cn3)n2)cc1. The minimum atomic E-state index is -3.76. The number of primary sulfonamides is 1. The van der Waals surface area contributed by atoms with Crippen LogP contribution < -0.4 is 15.8 Å². The van der Waals surface area contributed by atoms with Crippen molar-refractivity contribution in [2.24, 2.45) is 5.14 Å². The number of thiazole rings is 1. The Morgan fingerprint density at radius 3 is 2.56 bits per heavy atom. The molecule has 0 saturated carbocycles. The number of aromatic nitrogens is 2. The second-order valence-electron chi connectivity index (χ2n) is 5.42. The number of halogens is 1. The number of hydrogen-bond acceptors (Lipinski definition) is 7. The highest BCUT2D eigenvalue weighted by Gasteiger charge is 2.10. The van der Waals surface area contributed by atoms with Crippen LogP contribution in [-0.4, -0.2) is 24.3 Å². The first-order valence-corrected chi connectivity index (χ1v) is 10.4. The number of hydrogen-bond donors (Lipinski definition) is 3. The van der Waals surface area contributed by atoms with Gasteiger partial charge < -0.3 is 10.6 Å². The molecule has 3 aromatic rings. The van der Waals surface area contributed by atoms with E-state index in [0.717, 1.165) is 0 Å². The van der Waals surface area contributed by atoms with Crippen LogP contribution in [0.4, 0.5) is 16.6 Å². The largest absolute Gasteiger partial charge is 0.326 e. The summed E-state index contributed by atoms with van der Waals surface area (Å²) in [5.41, 5.74) is 1.06. The molecule has 0 radical (unpaired) electrons. The Morgan fingerprint density at radius 1 is 1.19 bits per heavy atom. The Bertz CT molecular complexity index is 1050. The van der Waals surface area contributed by atoms with Crippen LogP contribution in [0.1, 0.15) is 5.69 Å². The molecular weight excluding hydrogens is 410 g/mol. The summed E-state index contributed by atoms with van der Waals surface area (Å²) in [6.45, 7) is 0. The van der Waals surface area contributed by atoms with Gasteiger partial charge in [0.1, 0.15) is 5.82 Å². The number of benzene rings is 1. The first kappa shape index (κ1) is 19.2. The number of rotatable bonds is 6. The first-order chi connectivity index (χ1) is 12.8. The molecule has 0 aliphatic heterocycles. The molecule has 0 fully saturated rings. The van der Waals surface area contributed by atoms with Crippen molar-refractivity contribution in [2.45, 2.75) is 11.3 Å². The summed E-state index contributed by atoms with van der Waals surface area (Å²) in [7, 11) is -3.76. The van der Waals surface area contributed by atoms with Crippen molar-refractivity contribution in [3.63, 3.8) is 0 Å². The lowest BCUT2D eigenvalue weighted by atomic mass is 10.3. The van der Waals surface area contributed by atoms with Crippen LogP contribution in [0, 0.1) is 0 Å². The molecule has 8 nitrogen and oxygen atoms in total. The number of anilines is 3. The molecule has 4 N–H and O–H groups in total. The maximum atomic E-state index is 12.1. The van der Waals surface area contributed by atoms with Crippen molar-refractivity contribution in [2.75, 3.05) is 10.6 Å². The number of sulfonamides is 1. The molecule has 2 heterocycles. The molecule has 11 heteroatoms. The van der Waals surface area contributed by atoms with Crippen LogP contribution in [0.2, 0.25) is 5.02 Å². The lowest BCUT2D eigenvalue weighted by molar-refractivity contribution is -0.115. The Labute approximate surface area is 164 Å². The average Bonchev–Trinajstić information content (AvgIpc) is 3.03.